The highest BCUT2D eigenvalue weighted by atomic mass is 32.1. The van der Waals surface area contributed by atoms with Crippen LogP contribution >= 0.6 is 12.6 Å². The second-order valence-electron chi connectivity index (χ2n) is 0.881. The summed E-state index contributed by atoms with van der Waals surface area (Å²) >= 11 is 3.59. The smallest absolute Gasteiger partial charge is 0.00000450 e. The molecule has 0 rings (SSSR count). The average molecular weight is 130 g/mol. The summed E-state index contributed by atoms with van der Waals surface area (Å²) in [7, 11) is 0. The largest absolute Gasteiger partial charge is 0.106 e. The minimum absolute atomic E-state index is 2.11. The molecule has 0 fully saturated rings. The van der Waals surface area contributed by atoms with Crippen LogP contribution in [0.2, 0.25) is 0 Å². The van der Waals surface area contributed by atoms with Gasteiger partial charge in [0.25, 0.3) is 0 Å². The Bertz CT molecular complexity index is 285. The Morgan fingerprint density at radius 3 is 2.00 bits per heavy atom. The maximum atomic E-state index is 4.80. The van der Waals surface area contributed by atoms with Crippen LogP contribution in [0.3, 0.4) is 0 Å². The zero-order chi connectivity index (χ0) is 6.95. The minimum Gasteiger partial charge on any atom is -0.106 e. The Labute approximate surface area is 60.4 Å². The highest BCUT2D eigenvalue weighted by Gasteiger charge is 1.50. The third-order valence-electron chi connectivity index (χ3n) is 0.378. The van der Waals surface area contributed by atoms with Crippen molar-refractivity contribution in [2.24, 2.45) is 0 Å². The van der Waals surface area contributed by atoms with E-state index in [1.54, 1.807) is 0 Å². The lowest BCUT2D eigenvalue weighted by molar-refractivity contribution is 2.40. The Morgan fingerprint density at radius 1 is 0.889 bits per heavy atom. The van der Waals surface area contributed by atoms with Crippen LogP contribution < -0.4 is 0 Å². The normalized spacial score (nSPS) is 3.56. The first-order valence-corrected chi connectivity index (χ1v) is 2.46. The summed E-state index contributed by atoms with van der Waals surface area (Å²) < 4.78 is 0. The van der Waals surface area contributed by atoms with Crippen molar-refractivity contribution >= 4 is 12.6 Å². The van der Waals surface area contributed by atoms with Crippen molar-refractivity contribution in [2.75, 3.05) is 0 Å². The SMILES string of the molecule is C#CC#CC#CC#CS. The molecule has 0 amide bonds. The van der Waals surface area contributed by atoms with Crippen LogP contribution in [0.25, 0.3) is 0 Å². The van der Waals surface area contributed by atoms with Gasteiger partial charge in [0.2, 0.25) is 0 Å². The summed E-state index contributed by atoms with van der Waals surface area (Å²) in [6.07, 6.45) is 4.80. The van der Waals surface area contributed by atoms with E-state index in [9.17, 15) is 0 Å². The first-order valence-electron chi connectivity index (χ1n) is 2.01. The molecule has 0 aromatic carbocycles. The molecule has 40 valence electrons. The van der Waals surface area contributed by atoms with Crippen molar-refractivity contribution in [2.45, 2.75) is 0 Å². The van der Waals surface area contributed by atoms with Crippen molar-refractivity contribution in [1.82, 2.24) is 0 Å². The number of terminal acetylenes is 1. The minimum atomic E-state index is 2.11. The molecule has 0 N–H and O–H groups in total. The monoisotopic (exact) mass is 130 g/mol. The molecule has 0 aliphatic rings. The van der Waals surface area contributed by atoms with Gasteiger partial charge < -0.3 is 0 Å². The first kappa shape index (κ1) is 7.59. The number of rotatable bonds is 0. The van der Waals surface area contributed by atoms with Crippen LogP contribution in [0.15, 0.2) is 0 Å². The van der Waals surface area contributed by atoms with Gasteiger partial charge in [-0.25, -0.2) is 0 Å². The molecule has 0 aliphatic carbocycles. The van der Waals surface area contributed by atoms with E-state index in [0.717, 1.165) is 0 Å². The summed E-state index contributed by atoms with van der Waals surface area (Å²) in [5, 5.41) is 2.30. The average Bonchev–Trinajstić information content (AvgIpc) is 1.89. The summed E-state index contributed by atoms with van der Waals surface area (Å²) in [5.41, 5.74) is 0. The van der Waals surface area contributed by atoms with E-state index in [0.29, 0.717) is 0 Å². The lowest BCUT2D eigenvalue weighted by atomic mass is 10.5. The van der Waals surface area contributed by atoms with Crippen LogP contribution in [0, 0.1) is 47.2 Å². The number of hydrogen-bond acceptors (Lipinski definition) is 1. The van der Waals surface area contributed by atoms with E-state index >= 15 is 0 Å². The van der Waals surface area contributed by atoms with Gasteiger partial charge in [0.15, 0.2) is 0 Å². The molecule has 0 nitrogen and oxygen atoms in total. The molecule has 0 unspecified atom stereocenters. The summed E-state index contributed by atoms with van der Waals surface area (Å²) in [4.78, 5) is 0. The topological polar surface area (TPSA) is 0 Å². The molecule has 0 aromatic rings. The van der Waals surface area contributed by atoms with Gasteiger partial charge in [0, 0.05) is 0 Å². The van der Waals surface area contributed by atoms with Crippen molar-refractivity contribution in [3.8, 4) is 47.2 Å². The van der Waals surface area contributed by atoms with E-state index in [1.165, 1.54) is 0 Å². The van der Waals surface area contributed by atoms with Crippen molar-refractivity contribution < 1.29 is 0 Å². The van der Waals surface area contributed by atoms with Gasteiger partial charge in [0.1, 0.15) is 0 Å². The third-order valence-corrected chi connectivity index (χ3v) is 0.490. The quantitative estimate of drug-likeness (QED) is 0.358. The van der Waals surface area contributed by atoms with Crippen LogP contribution in [-0.2, 0) is 0 Å². The lowest BCUT2D eigenvalue weighted by Crippen LogP contribution is -1.49. The van der Waals surface area contributed by atoms with E-state index < -0.39 is 0 Å². The maximum absolute atomic E-state index is 4.80. The van der Waals surface area contributed by atoms with Crippen molar-refractivity contribution in [3.05, 3.63) is 0 Å². The lowest BCUT2D eigenvalue weighted by Gasteiger charge is -1.51. The second kappa shape index (κ2) is 6.59. The Balaban J connectivity index is 3.90. The van der Waals surface area contributed by atoms with Crippen molar-refractivity contribution in [1.29, 1.82) is 0 Å². The molecule has 1 heteroatoms. The zero-order valence-corrected chi connectivity index (χ0v) is 5.42. The molecule has 0 atom stereocenters. The standard InChI is InChI=1S/C8H2S/c1-2-3-4-5-6-7-8-9/h1,9H. The molecule has 9 heavy (non-hydrogen) atoms. The van der Waals surface area contributed by atoms with Crippen molar-refractivity contribution in [3.63, 3.8) is 0 Å². The predicted molar refractivity (Wildman–Crippen MR) is 41.1 cm³/mol. The highest BCUT2D eigenvalue weighted by molar-refractivity contribution is 7.85. The van der Waals surface area contributed by atoms with Crippen LogP contribution in [-0.4, -0.2) is 0 Å². The molecule has 0 radical (unpaired) electrons. The maximum Gasteiger partial charge on any atom is -0.00000450 e. The fourth-order valence-electron chi connectivity index (χ4n) is 0.158. The Hall–Kier alpha value is -1.41. The molecular weight excluding hydrogens is 128 g/mol. The second-order valence-corrected chi connectivity index (χ2v) is 1.10. The summed E-state index contributed by atoms with van der Waals surface area (Å²) in [5.74, 6) is 14.0. The Kier molecular flexibility index (Phi) is 5.56. The molecule has 0 aliphatic heterocycles. The van der Waals surface area contributed by atoms with Crippen LogP contribution in [0.5, 0.6) is 0 Å². The van der Waals surface area contributed by atoms with Gasteiger partial charge in [-0.05, 0) is 40.8 Å². The van der Waals surface area contributed by atoms with Gasteiger partial charge in [0.05, 0.1) is 0 Å². The fourth-order valence-corrected chi connectivity index (χ4v) is 0.214. The fraction of sp³-hybridized carbons (Fsp3) is 0. The van der Waals surface area contributed by atoms with E-state index in [4.69, 9.17) is 6.42 Å². The first-order chi connectivity index (χ1) is 4.41. The van der Waals surface area contributed by atoms with Crippen LogP contribution in [0.1, 0.15) is 0 Å². The summed E-state index contributed by atoms with van der Waals surface area (Å²) in [6, 6.07) is 0. The van der Waals surface area contributed by atoms with Gasteiger partial charge >= 0.3 is 0 Å². The number of thiol groups is 1. The molecule has 0 bridgehead atoms. The van der Waals surface area contributed by atoms with Gasteiger partial charge in [-0.15, -0.1) is 6.42 Å². The van der Waals surface area contributed by atoms with Gasteiger partial charge in [-0.3, -0.25) is 0 Å². The zero-order valence-electron chi connectivity index (χ0n) is 4.52. The third kappa shape index (κ3) is 6.59. The summed E-state index contributed by atoms with van der Waals surface area (Å²) in [6.45, 7) is 0. The molecule has 0 spiro atoms. The van der Waals surface area contributed by atoms with Gasteiger partial charge in [-0.2, -0.15) is 0 Å². The molecule has 0 saturated heterocycles. The van der Waals surface area contributed by atoms with E-state index in [1.807, 2.05) is 0 Å². The Morgan fingerprint density at radius 2 is 1.44 bits per heavy atom. The van der Waals surface area contributed by atoms with Crippen LogP contribution in [0.4, 0.5) is 0 Å². The molecular formula is C8H2S. The molecule has 0 aromatic heterocycles. The number of hydrogen-bond donors (Lipinski definition) is 1. The van der Waals surface area contributed by atoms with Gasteiger partial charge in [-0.1, -0.05) is 12.6 Å². The molecule has 0 heterocycles. The van der Waals surface area contributed by atoms with E-state index in [-0.39, 0.29) is 0 Å². The highest BCUT2D eigenvalue weighted by Crippen LogP contribution is 1.58. The molecule has 0 saturated carbocycles. The van der Waals surface area contributed by atoms with E-state index in [2.05, 4.69) is 53.4 Å². The predicted octanol–water partition coefficient (Wildman–Crippen LogP) is 0.517.